The maximum atomic E-state index is 11.7. The van der Waals surface area contributed by atoms with Crippen molar-refractivity contribution in [3.05, 3.63) is 11.8 Å². The average molecular weight is 238 g/mol. The molecule has 0 bridgehead atoms. The number of nitrogens with one attached hydrogen (secondary N) is 1. The van der Waals surface area contributed by atoms with Crippen molar-refractivity contribution < 1.29 is 9.53 Å². The Balaban J connectivity index is 1.79. The van der Waals surface area contributed by atoms with Gasteiger partial charge in [-0.15, -0.1) is 0 Å². The van der Waals surface area contributed by atoms with Crippen molar-refractivity contribution in [2.45, 2.75) is 13.0 Å². The SMILES string of the molecule is CN(C)CCCNC(=O)c1cc2n(n1)CCO2. The molecule has 2 rings (SSSR count). The van der Waals surface area contributed by atoms with Crippen molar-refractivity contribution in [3.63, 3.8) is 0 Å². The highest BCUT2D eigenvalue weighted by Gasteiger charge is 2.18. The van der Waals surface area contributed by atoms with Crippen molar-refractivity contribution >= 4 is 5.91 Å². The van der Waals surface area contributed by atoms with E-state index in [4.69, 9.17) is 4.74 Å². The topological polar surface area (TPSA) is 59.4 Å². The van der Waals surface area contributed by atoms with Crippen LogP contribution in [0, 0.1) is 0 Å². The van der Waals surface area contributed by atoms with Crippen molar-refractivity contribution in [3.8, 4) is 5.88 Å². The summed E-state index contributed by atoms with van der Waals surface area (Å²) in [7, 11) is 4.03. The monoisotopic (exact) mass is 238 g/mol. The van der Waals surface area contributed by atoms with Gasteiger partial charge >= 0.3 is 0 Å². The Morgan fingerprint density at radius 3 is 3.18 bits per heavy atom. The number of carbonyl (C=O) groups is 1. The molecule has 0 spiro atoms. The molecule has 0 aromatic carbocycles. The first-order chi connectivity index (χ1) is 8.16. The summed E-state index contributed by atoms with van der Waals surface area (Å²) in [5, 5.41) is 7.02. The van der Waals surface area contributed by atoms with E-state index in [2.05, 4.69) is 15.3 Å². The van der Waals surface area contributed by atoms with Gasteiger partial charge in [0.15, 0.2) is 5.69 Å². The quantitative estimate of drug-likeness (QED) is 0.731. The van der Waals surface area contributed by atoms with Crippen LogP contribution in [0.2, 0.25) is 0 Å². The van der Waals surface area contributed by atoms with E-state index in [1.807, 2.05) is 14.1 Å². The fourth-order valence-electron chi connectivity index (χ4n) is 1.71. The predicted octanol–water partition coefficient (Wildman–Crippen LogP) is -0.0430. The first kappa shape index (κ1) is 11.9. The molecule has 1 aromatic heterocycles. The molecule has 1 aromatic rings. The Morgan fingerprint density at radius 2 is 2.47 bits per heavy atom. The Morgan fingerprint density at radius 1 is 1.65 bits per heavy atom. The molecule has 0 saturated carbocycles. The van der Waals surface area contributed by atoms with E-state index in [-0.39, 0.29) is 5.91 Å². The van der Waals surface area contributed by atoms with Gasteiger partial charge in [-0.05, 0) is 27.1 Å². The number of carbonyl (C=O) groups excluding carboxylic acids is 1. The third kappa shape index (κ3) is 2.97. The Kier molecular flexibility index (Phi) is 3.63. The summed E-state index contributed by atoms with van der Waals surface area (Å²) in [6, 6.07) is 1.69. The predicted molar refractivity (Wildman–Crippen MR) is 63.2 cm³/mol. The van der Waals surface area contributed by atoms with E-state index < -0.39 is 0 Å². The second-order valence-electron chi connectivity index (χ2n) is 4.35. The summed E-state index contributed by atoms with van der Waals surface area (Å²) < 4.78 is 7.02. The molecule has 6 heteroatoms. The molecule has 1 amide bonds. The molecule has 0 saturated heterocycles. The maximum Gasteiger partial charge on any atom is 0.271 e. The van der Waals surface area contributed by atoms with Crippen LogP contribution >= 0.6 is 0 Å². The first-order valence-corrected chi connectivity index (χ1v) is 5.80. The number of amides is 1. The van der Waals surface area contributed by atoms with Crippen LogP contribution in [-0.4, -0.2) is 54.4 Å². The molecule has 0 atom stereocenters. The summed E-state index contributed by atoms with van der Waals surface area (Å²) in [4.78, 5) is 13.8. The number of fused-ring (bicyclic) bond motifs is 1. The number of ether oxygens (including phenoxy) is 1. The van der Waals surface area contributed by atoms with Crippen LogP contribution in [0.5, 0.6) is 5.88 Å². The fourth-order valence-corrected chi connectivity index (χ4v) is 1.71. The second kappa shape index (κ2) is 5.18. The normalized spacial score (nSPS) is 13.6. The van der Waals surface area contributed by atoms with Crippen LogP contribution in [0.1, 0.15) is 16.9 Å². The number of hydrogen-bond acceptors (Lipinski definition) is 4. The van der Waals surface area contributed by atoms with E-state index in [0.717, 1.165) is 19.5 Å². The van der Waals surface area contributed by atoms with Crippen molar-refractivity contribution in [1.82, 2.24) is 20.0 Å². The molecule has 2 heterocycles. The zero-order chi connectivity index (χ0) is 12.3. The summed E-state index contributed by atoms with van der Waals surface area (Å²) in [6.45, 7) is 3.00. The number of nitrogens with zero attached hydrogens (tertiary/aromatic N) is 3. The summed E-state index contributed by atoms with van der Waals surface area (Å²) in [6.07, 6.45) is 0.933. The number of hydrogen-bond donors (Lipinski definition) is 1. The lowest BCUT2D eigenvalue weighted by Crippen LogP contribution is -2.27. The van der Waals surface area contributed by atoms with E-state index in [0.29, 0.717) is 24.7 Å². The number of aromatic nitrogens is 2. The van der Waals surface area contributed by atoms with Gasteiger partial charge in [0.2, 0.25) is 5.88 Å². The molecule has 1 aliphatic rings. The van der Waals surface area contributed by atoms with Gasteiger partial charge in [0, 0.05) is 12.6 Å². The summed E-state index contributed by atoms with van der Waals surface area (Å²) in [5.74, 6) is 0.553. The van der Waals surface area contributed by atoms with Crippen LogP contribution < -0.4 is 10.1 Å². The molecule has 0 aliphatic carbocycles. The van der Waals surface area contributed by atoms with Crippen LogP contribution in [0.15, 0.2) is 6.07 Å². The highest BCUT2D eigenvalue weighted by Crippen LogP contribution is 2.17. The van der Waals surface area contributed by atoms with E-state index >= 15 is 0 Å². The van der Waals surface area contributed by atoms with Gasteiger partial charge in [-0.3, -0.25) is 4.79 Å². The summed E-state index contributed by atoms with van der Waals surface area (Å²) >= 11 is 0. The second-order valence-corrected chi connectivity index (χ2v) is 4.35. The van der Waals surface area contributed by atoms with E-state index in [1.165, 1.54) is 0 Å². The standard InChI is InChI=1S/C11H18N4O2/c1-14(2)5-3-4-12-11(16)9-8-10-15(13-9)6-7-17-10/h8H,3-7H2,1-2H3,(H,12,16). The van der Waals surface area contributed by atoms with Gasteiger partial charge in [-0.1, -0.05) is 0 Å². The van der Waals surface area contributed by atoms with Crippen LogP contribution in [0.4, 0.5) is 0 Å². The Labute approximate surface area is 101 Å². The average Bonchev–Trinajstić information content (AvgIpc) is 2.83. The molecular weight excluding hydrogens is 220 g/mol. The van der Waals surface area contributed by atoms with Gasteiger partial charge in [0.1, 0.15) is 6.61 Å². The van der Waals surface area contributed by atoms with Gasteiger partial charge in [0.25, 0.3) is 5.91 Å². The van der Waals surface area contributed by atoms with Crippen LogP contribution in [0.3, 0.4) is 0 Å². The zero-order valence-corrected chi connectivity index (χ0v) is 10.3. The lowest BCUT2D eigenvalue weighted by atomic mass is 10.3. The molecule has 0 fully saturated rings. The fraction of sp³-hybridized carbons (Fsp3) is 0.636. The third-order valence-corrected chi connectivity index (χ3v) is 2.60. The van der Waals surface area contributed by atoms with Crippen molar-refractivity contribution in [2.24, 2.45) is 0 Å². The van der Waals surface area contributed by atoms with Gasteiger partial charge < -0.3 is 15.0 Å². The molecule has 0 radical (unpaired) electrons. The maximum absolute atomic E-state index is 11.7. The highest BCUT2D eigenvalue weighted by atomic mass is 16.5. The van der Waals surface area contributed by atoms with Crippen LogP contribution in [0.25, 0.3) is 0 Å². The molecule has 1 aliphatic heterocycles. The summed E-state index contributed by atoms with van der Waals surface area (Å²) in [5.41, 5.74) is 0.435. The van der Waals surface area contributed by atoms with Gasteiger partial charge in [0.05, 0.1) is 6.54 Å². The van der Waals surface area contributed by atoms with Crippen molar-refractivity contribution in [1.29, 1.82) is 0 Å². The van der Waals surface area contributed by atoms with E-state index in [9.17, 15) is 4.79 Å². The minimum Gasteiger partial charge on any atom is -0.476 e. The Hall–Kier alpha value is -1.56. The smallest absolute Gasteiger partial charge is 0.271 e. The zero-order valence-electron chi connectivity index (χ0n) is 10.3. The van der Waals surface area contributed by atoms with Crippen molar-refractivity contribution in [2.75, 3.05) is 33.8 Å². The highest BCUT2D eigenvalue weighted by molar-refractivity contribution is 5.92. The third-order valence-electron chi connectivity index (χ3n) is 2.60. The lowest BCUT2D eigenvalue weighted by Gasteiger charge is -2.09. The number of rotatable bonds is 5. The molecule has 0 unspecified atom stereocenters. The Bertz CT molecular complexity index is 379. The van der Waals surface area contributed by atoms with Gasteiger partial charge in [-0.25, -0.2) is 4.68 Å². The molecule has 6 nitrogen and oxygen atoms in total. The molecule has 94 valence electrons. The molecular formula is C11H18N4O2. The molecule has 1 N–H and O–H groups in total. The van der Waals surface area contributed by atoms with Gasteiger partial charge in [-0.2, -0.15) is 5.10 Å². The van der Waals surface area contributed by atoms with E-state index in [1.54, 1.807) is 10.7 Å². The minimum atomic E-state index is -0.130. The molecule has 17 heavy (non-hydrogen) atoms. The minimum absolute atomic E-state index is 0.130. The largest absolute Gasteiger partial charge is 0.476 e. The first-order valence-electron chi connectivity index (χ1n) is 5.80. The lowest BCUT2D eigenvalue weighted by molar-refractivity contribution is 0.0946. The van der Waals surface area contributed by atoms with Crippen LogP contribution in [-0.2, 0) is 6.54 Å².